The maximum atomic E-state index is 14.5. The third-order valence-corrected chi connectivity index (χ3v) is 25.6. The van der Waals surface area contributed by atoms with Gasteiger partial charge in [-0.25, -0.2) is 0 Å². The average Bonchev–Trinajstić information content (AvgIpc) is 0.745. The van der Waals surface area contributed by atoms with Crippen molar-refractivity contribution in [3.63, 3.8) is 0 Å². The highest BCUT2D eigenvalue weighted by atomic mass is 16.6. The summed E-state index contributed by atoms with van der Waals surface area (Å²) in [4.78, 5) is 222. The SMILES string of the molecule is CCCCCCCCCCCC1c2cc(c(OCC(=O)CC(=O)OC)cc2OCC(=O)CC(=O)OC)C(CCCCCCCCCCC)c2cc(c(OCC(=O)CC(=O)OC)cc2OCC(=O)CC(=O)OC)C(CCCCCCCCCCC)c2cc(c(OCC(=O)CC(=O)OC)cc2OCC(=O)CC(=O)OC)C(CCCCCCCCCCC)c2cc1c(OCC(=O)CC(=O)OC)cc2OCC(=O)CC(=O)OC. The van der Waals surface area contributed by atoms with Crippen LogP contribution in [0.2, 0.25) is 0 Å². The molecule has 1 aliphatic rings. The predicted octanol–water partition coefficient (Wildman–Crippen LogP) is 20.3. The summed E-state index contributed by atoms with van der Waals surface area (Å²) in [6.07, 6.45) is 25.1. The third-order valence-electron chi connectivity index (χ3n) is 25.6. The lowest BCUT2D eigenvalue weighted by Gasteiger charge is -2.32. The Bertz CT molecular complexity index is 3920. The average molecular weight is 2020 g/mol. The molecule has 8 bridgehead atoms. The summed E-state index contributed by atoms with van der Waals surface area (Å²) in [5, 5.41) is 0. The van der Waals surface area contributed by atoms with Crippen molar-refractivity contribution >= 4 is 94.0 Å². The molecular formula is C112H160O32. The van der Waals surface area contributed by atoms with E-state index in [2.05, 4.69) is 27.7 Å². The zero-order valence-corrected chi connectivity index (χ0v) is 87.6. The molecule has 0 unspecified atom stereocenters. The third kappa shape index (κ3) is 46.6. The Labute approximate surface area is 850 Å². The molecule has 32 heteroatoms. The van der Waals surface area contributed by atoms with Crippen LogP contribution in [0.15, 0.2) is 48.5 Å². The fourth-order valence-corrected chi connectivity index (χ4v) is 17.7. The number of rotatable bonds is 80. The molecule has 0 fully saturated rings. The molecule has 0 N–H and O–H groups in total. The Morgan fingerprint density at radius 2 is 0.278 bits per heavy atom. The predicted molar refractivity (Wildman–Crippen MR) is 538 cm³/mol. The quantitative estimate of drug-likeness (QED) is 0.0171. The lowest BCUT2D eigenvalue weighted by molar-refractivity contribution is -0.145. The summed E-state index contributed by atoms with van der Waals surface area (Å²) in [5.74, 6) is -18.4. The minimum absolute atomic E-state index is 0.0879. The first kappa shape index (κ1) is 123. The molecule has 1 aliphatic carbocycles. The second kappa shape index (κ2) is 71.8. The molecule has 800 valence electrons. The maximum absolute atomic E-state index is 14.5. The second-order valence-corrected chi connectivity index (χ2v) is 37.0. The largest absolute Gasteiger partial charge is 0.485 e. The van der Waals surface area contributed by atoms with Crippen LogP contribution >= 0.6 is 0 Å². The van der Waals surface area contributed by atoms with Crippen molar-refractivity contribution in [2.24, 2.45) is 0 Å². The number of hydrogen-bond acceptors (Lipinski definition) is 32. The lowest BCUT2D eigenvalue weighted by Crippen LogP contribution is -2.22. The molecule has 32 nitrogen and oxygen atoms in total. The standard InChI is InChI=1S/C112H160O32/c1-13-17-21-25-29-33-37-41-45-49-85-89-61-91(99(139-71-79(115)55-107(123)131-7)65-97(89)137-69-77(113)53-105(121)129-5)86(50-46-42-38-34-30-26-22-18-14-2)93-63-95(103(143-75-83(119)59-111(127)135-11)67-101(93)141-73-81(117)57-109(125)133-9)88(52-48-44-40-36-32-28-24-20-16-4)96-64-94(102(142-74-82(118)58-110(126)134-10)68-104(96)144-76-84(120)60-112(128)136-12)87(51-47-43-39-35-31-27-23-19-15-3)92-62-90(85)98(138-70-78(114)54-106(122)130-6)66-100(92)140-72-80(116)56-108(124)132-8/h61-68,85-88H,13-60,69-76H2,1-12H3. The number of hydrogen-bond donors (Lipinski definition) is 0. The normalized spacial score (nSPS) is 13.5. The molecule has 0 atom stereocenters. The van der Waals surface area contributed by atoms with Crippen LogP contribution in [0.25, 0.3) is 0 Å². The van der Waals surface area contributed by atoms with E-state index in [-0.39, 0.29) is 116 Å². The highest BCUT2D eigenvalue weighted by Crippen LogP contribution is 2.55. The van der Waals surface area contributed by atoms with Gasteiger partial charge in [0.25, 0.3) is 0 Å². The van der Waals surface area contributed by atoms with Crippen LogP contribution in [-0.2, 0) is 115 Å². The topological polar surface area (TPSA) is 421 Å². The Morgan fingerprint density at radius 1 is 0.167 bits per heavy atom. The molecule has 0 spiro atoms. The van der Waals surface area contributed by atoms with E-state index < -0.39 is 222 Å². The summed E-state index contributed by atoms with van der Waals surface area (Å²) >= 11 is 0. The van der Waals surface area contributed by atoms with E-state index in [9.17, 15) is 76.7 Å². The Morgan fingerprint density at radius 3 is 0.389 bits per heavy atom. The van der Waals surface area contributed by atoms with E-state index in [1.54, 1.807) is 24.3 Å². The first-order valence-electron chi connectivity index (χ1n) is 52.0. The van der Waals surface area contributed by atoms with Gasteiger partial charge in [-0.1, -0.05) is 259 Å². The van der Waals surface area contributed by atoms with E-state index in [4.69, 9.17) is 75.8 Å². The highest BCUT2D eigenvalue weighted by Gasteiger charge is 2.38. The van der Waals surface area contributed by atoms with Gasteiger partial charge in [0.1, 0.15) is 150 Å². The molecule has 0 saturated carbocycles. The van der Waals surface area contributed by atoms with Crippen LogP contribution in [0.4, 0.5) is 0 Å². The molecule has 0 aliphatic heterocycles. The van der Waals surface area contributed by atoms with Gasteiger partial charge in [0.2, 0.25) is 0 Å². The summed E-state index contributed by atoms with van der Waals surface area (Å²) < 4.78 is 95.4. The van der Waals surface area contributed by atoms with E-state index >= 15 is 0 Å². The number of Topliss-reactive ketones (excluding diaryl/α,β-unsaturated/α-hetero) is 8. The molecular weight excluding hydrogens is 1860 g/mol. The summed E-state index contributed by atoms with van der Waals surface area (Å²) in [5.41, 5.74) is 2.14. The van der Waals surface area contributed by atoms with Crippen LogP contribution in [0.3, 0.4) is 0 Å². The van der Waals surface area contributed by atoms with Crippen LogP contribution in [-0.4, -0.2) is 204 Å². The Hall–Kier alpha value is -11.6. The number of benzene rings is 4. The van der Waals surface area contributed by atoms with Gasteiger partial charge < -0.3 is 75.8 Å². The van der Waals surface area contributed by atoms with Gasteiger partial charge in [-0.05, 0) is 49.9 Å². The van der Waals surface area contributed by atoms with Crippen LogP contribution in [0, 0.1) is 0 Å². The van der Waals surface area contributed by atoms with Gasteiger partial charge in [-0.2, -0.15) is 0 Å². The minimum atomic E-state index is -1.12. The van der Waals surface area contributed by atoms with Gasteiger partial charge in [-0.15, -0.1) is 0 Å². The first-order chi connectivity index (χ1) is 69.6. The zero-order valence-electron chi connectivity index (χ0n) is 87.6. The fraction of sp³-hybridized carbons (Fsp3) is 0.643. The van der Waals surface area contributed by atoms with E-state index in [1.807, 2.05) is 0 Å². The number of methoxy groups -OCH3 is 8. The molecule has 0 radical (unpaired) electrons. The maximum Gasteiger partial charge on any atom is 0.313 e. The van der Waals surface area contributed by atoms with Crippen LogP contribution in [0.1, 0.15) is 404 Å². The van der Waals surface area contributed by atoms with Crippen LogP contribution < -0.4 is 37.9 Å². The van der Waals surface area contributed by atoms with Gasteiger partial charge in [0, 0.05) is 92.4 Å². The Balaban J connectivity index is 2.45. The summed E-state index contributed by atoms with van der Waals surface area (Å²) in [6.45, 7) is 2.09. The van der Waals surface area contributed by atoms with Crippen molar-refractivity contribution in [1.82, 2.24) is 0 Å². The van der Waals surface area contributed by atoms with Crippen LogP contribution in [0.5, 0.6) is 46.0 Å². The first-order valence-corrected chi connectivity index (χ1v) is 52.0. The molecule has 4 aromatic carbocycles. The number of carbonyl (C=O) groups excluding carboxylic acids is 16. The smallest absolute Gasteiger partial charge is 0.313 e. The number of esters is 8. The minimum Gasteiger partial charge on any atom is -0.485 e. The van der Waals surface area contributed by atoms with E-state index in [0.29, 0.717) is 51.4 Å². The molecule has 5 rings (SSSR count). The number of ether oxygens (including phenoxy) is 16. The van der Waals surface area contributed by atoms with Crippen molar-refractivity contribution in [1.29, 1.82) is 0 Å². The fourth-order valence-electron chi connectivity index (χ4n) is 17.7. The van der Waals surface area contributed by atoms with Crippen molar-refractivity contribution in [2.75, 3.05) is 110 Å². The summed E-state index contributed by atoms with van der Waals surface area (Å²) in [6, 6.07) is 13.2. The van der Waals surface area contributed by atoms with Gasteiger partial charge in [0.05, 0.1) is 56.9 Å². The summed E-state index contributed by atoms with van der Waals surface area (Å²) in [7, 11) is 8.97. The van der Waals surface area contributed by atoms with Crippen molar-refractivity contribution in [3.05, 3.63) is 93.0 Å². The molecule has 0 amide bonds. The molecule has 0 heterocycles. The molecule has 0 saturated heterocycles. The number of ketones is 8. The number of fused-ring (bicyclic) bond motifs is 8. The van der Waals surface area contributed by atoms with Crippen molar-refractivity contribution < 1.29 is 153 Å². The van der Waals surface area contributed by atoms with Crippen molar-refractivity contribution in [2.45, 2.75) is 360 Å². The molecule has 0 aromatic heterocycles. The van der Waals surface area contributed by atoms with Gasteiger partial charge in [-0.3, -0.25) is 76.7 Å². The van der Waals surface area contributed by atoms with Gasteiger partial charge in [0.15, 0.2) is 46.3 Å². The lowest BCUT2D eigenvalue weighted by atomic mass is 9.76. The number of unbranched alkanes of at least 4 members (excludes halogenated alkanes) is 32. The van der Waals surface area contributed by atoms with E-state index in [0.717, 1.165) is 237 Å². The molecule has 144 heavy (non-hydrogen) atoms. The highest BCUT2D eigenvalue weighted by molar-refractivity contribution is 6.00. The zero-order chi connectivity index (χ0) is 105. The second-order valence-electron chi connectivity index (χ2n) is 37.0. The van der Waals surface area contributed by atoms with Crippen molar-refractivity contribution in [3.8, 4) is 46.0 Å². The monoisotopic (exact) mass is 2020 g/mol. The Kier molecular flexibility index (Phi) is 61.3. The van der Waals surface area contributed by atoms with E-state index in [1.165, 1.54) is 24.3 Å². The van der Waals surface area contributed by atoms with Gasteiger partial charge >= 0.3 is 47.8 Å². The number of carbonyl (C=O) groups is 16. The molecule has 4 aromatic rings.